The molecule has 8 nitrogen and oxygen atoms in total. The van der Waals surface area contributed by atoms with Crippen molar-refractivity contribution in [1.82, 2.24) is 10.2 Å². The maximum atomic E-state index is 13.5. The monoisotopic (exact) mass is 543 g/mol. The molecular weight excluding hydrogens is 518 g/mol. The van der Waals surface area contributed by atoms with Gasteiger partial charge in [-0.1, -0.05) is 59.6 Å². The first-order valence-corrected chi connectivity index (χ1v) is 12.7. The lowest BCUT2D eigenvalue weighted by atomic mass is 10.00. The molecule has 0 saturated carbocycles. The van der Waals surface area contributed by atoms with E-state index in [9.17, 15) is 14.4 Å². The Kier molecular flexibility index (Phi) is 7.65. The summed E-state index contributed by atoms with van der Waals surface area (Å²) in [5, 5.41) is 6.15. The van der Waals surface area contributed by atoms with Crippen LogP contribution in [0.2, 0.25) is 5.02 Å². The number of cyclic esters (lactones) is 1. The average Bonchev–Trinajstić information content (AvgIpc) is 3.57. The Bertz CT molecular complexity index is 1490. The van der Waals surface area contributed by atoms with Gasteiger partial charge in [-0.05, 0) is 60.5 Å². The van der Waals surface area contributed by atoms with Crippen molar-refractivity contribution >= 4 is 35.2 Å². The molecule has 198 valence electrons. The third kappa shape index (κ3) is 6.13. The molecule has 4 aromatic rings. The fourth-order valence-electron chi connectivity index (χ4n) is 4.42. The van der Waals surface area contributed by atoms with E-state index in [1.807, 2.05) is 31.2 Å². The molecule has 9 heteroatoms. The van der Waals surface area contributed by atoms with Crippen LogP contribution in [-0.4, -0.2) is 28.8 Å². The third-order valence-electron chi connectivity index (χ3n) is 6.40. The van der Waals surface area contributed by atoms with Gasteiger partial charge >= 0.3 is 6.09 Å². The number of anilines is 1. The summed E-state index contributed by atoms with van der Waals surface area (Å²) in [7, 11) is 0. The molecule has 0 spiro atoms. The van der Waals surface area contributed by atoms with E-state index in [1.54, 1.807) is 60.7 Å². The van der Waals surface area contributed by atoms with Gasteiger partial charge in [0, 0.05) is 16.3 Å². The SMILES string of the molecule is Cc1ccc(CN2C(=O)O[C@@H](c3cccc(NC(=O)c4cccc(Cl)c4)c3)[C@H]2C(=O)NCc2ccco2)cc1. The summed E-state index contributed by atoms with van der Waals surface area (Å²) in [6.45, 7) is 2.34. The van der Waals surface area contributed by atoms with Crippen LogP contribution in [0.15, 0.2) is 95.6 Å². The molecule has 1 aromatic heterocycles. The number of hydrogen-bond acceptors (Lipinski definition) is 5. The predicted octanol–water partition coefficient (Wildman–Crippen LogP) is 5.87. The Morgan fingerprint density at radius 3 is 2.51 bits per heavy atom. The minimum Gasteiger partial charge on any atom is -0.467 e. The Labute approximate surface area is 230 Å². The molecule has 0 radical (unpaired) electrons. The van der Waals surface area contributed by atoms with Crippen molar-refractivity contribution in [3.05, 3.63) is 124 Å². The molecule has 1 saturated heterocycles. The number of carbonyl (C=O) groups is 3. The third-order valence-corrected chi connectivity index (χ3v) is 6.64. The number of ether oxygens (including phenoxy) is 1. The van der Waals surface area contributed by atoms with Gasteiger partial charge in [0.1, 0.15) is 5.76 Å². The van der Waals surface area contributed by atoms with Crippen molar-refractivity contribution in [2.75, 3.05) is 5.32 Å². The van der Waals surface area contributed by atoms with E-state index in [-0.39, 0.29) is 24.9 Å². The molecule has 1 fully saturated rings. The second kappa shape index (κ2) is 11.4. The molecule has 3 amide bonds. The Morgan fingerprint density at radius 1 is 0.974 bits per heavy atom. The number of aryl methyl sites for hydroxylation is 1. The number of nitrogens with zero attached hydrogens (tertiary/aromatic N) is 1. The maximum absolute atomic E-state index is 13.5. The van der Waals surface area contributed by atoms with Gasteiger partial charge in [-0.25, -0.2) is 4.79 Å². The zero-order valence-corrected chi connectivity index (χ0v) is 21.9. The van der Waals surface area contributed by atoms with E-state index in [0.717, 1.165) is 11.1 Å². The first-order chi connectivity index (χ1) is 18.9. The van der Waals surface area contributed by atoms with Crippen LogP contribution in [0.1, 0.15) is 38.9 Å². The highest BCUT2D eigenvalue weighted by Crippen LogP contribution is 2.35. The van der Waals surface area contributed by atoms with Crippen molar-refractivity contribution in [1.29, 1.82) is 0 Å². The van der Waals surface area contributed by atoms with E-state index in [4.69, 9.17) is 20.8 Å². The van der Waals surface area contributed by atoms with Gasteiger partial charge in [-0.15, -0.1) is 0 Å². The van der Waals surface area contributed by atoms with Crippen LogP contribution in [0.4, 0.5) is 10.5 Å². The molecule has 39 heavy (non-hydrogen) atoms. The van der Waals surface area contributed by atoms with E-state index in [1.165, 1.54) is 11.2 Å². The standard InChI is InChI=1S/C30H26ClN3O5/c1-19-10-12-20(13-11-19)18-34-26(29(36)32-17-25-9-4-14-38-25)27(39-30(34)37)21-5-3-8-24(16-21)33-28(35)22-6-2-7-23(31)15-22/h2-16,26-27H,17-18H2,1H3,(H,32,36)(H,33,35)/t26-,27-/m0/s1. The fraction of sp³-hybridized carbons (Fsp3) is 0.167. The van der Waals surface area contributed by atoms with Gasteiger partial charge in [-0.3, -0.25) is 14.5 Å². The number of carbonyl (C=O) groups excluding carboxylic acids is 3. The number of amides is 3. The zero-order chi connectivity index (χ0) is 27.4. The lowest BCUT2D eigenvalue weighted by molar-refractivity contribution is -0.126. The van der Waals surface area contributed by atoms with Gasteiger partial charge in [0.2, 0.25) is 5.91 Å². The van der Waals surface area contributed by atoms with Crippen molar-refractivity contribution < 1.29 is 23.5 Å². The van der Waals surface area contributed by atoms with Crippen molar-refractivity contribution in [2.24, 2.45) is 0 Å². The molecule has 2 N–H and O–H groups in total. The predicted molar refractivity (Wildman–Crippen MR) is 146 cm³/mol. The number of furan rings is 1. The minimum atomic E-state index is -0.951. The maximum Gasteiger partial charge on any atom is 0.411 e. The summed E-state index contributed by atoms with van der Waals surface area (Å²) in [6, 6.07) is 23.8. The van der Waals surface area contributed by atoms with Crippen LogP contribution >= 0.6 is 11.6 Å². The van der Waals surface area contributed by atoms with Gasteiger partial charge in [-0.2, -0.15) is 0 Å². The van der Waals surface area contributed by atoms with Gasteiger partial charge < -0.3 is 19.8 Å². The van der Waals surface area contributed by atoms with Gasteiger partial charge in [0.25, 0.3) is 5.91 Å². The summed E-state index contributed by atoms with van der Waals surface area (Å²) in [5.41, 5.74) is 3.41. The largest absolute Gasteiger partial charge is 0.467 e. The van der Waals surface area contributed by atoms with Crippen LogP contribution in [0.3, 0.4) is 0 Å². The molecule has 5 rings (SSSR count). The first kappa shape index (κ1) is 26.1. The van der Waals surface area contributed by atoms with E-state index in [2.05, 4.69) is 10.6 Å². The topological polar surface area (TPSA) is 101 Å². The quantitative estimate of drug-likeness (QED) is 0.289. The summed E-state index contributed by atoms with van der Waals surface area (Å²) in [6.07, 6.45) is 0.0222. The van der Waals surface area contributed by atoms with Crippen LogP contribution in [0.5, 0.6) is 0 Å². The van der Waals surface area contributed by atoms with E-state index < -0.39 is 18.2 Å². The molecule has 2 heterocycles. The molecule has 2 atom stereocenters. The molecular formula is C30H26ClN3O5. The number of hydrogen-bond donors (Lipinski definition) is 2. The number of benzene rings is 3. The highest BCUT2D eigenvalue weighted by atomic mass is 35.5. The second-order valence-electron chi connectivity index (χ2n) is 9.25. The second-order valence-corrected chi connectivity index (χ2v) is 9.69. The number of halogens is 1. The molecule has 0 aliphatic carbocycles. The number of nitrogens with one attached hydrogen (secondary N) is 2. The van der Waals surface area contributed by atoms with Crippen LogP contribution in [0.25, 0.3) is 0 Å². The summed E-state index contributed by atoms with van der Waals surface area (Å²) >= 11 is 6.02. The first-order valence-electron chi connectivity index (χ1n) is 12.4. The summed E-state index contributed by atoms with van der Waals surface area (Å²) in [4.78, 5) is 40.8. The Hall–Kier alpha value is -4.56. The molecule has 1 aliphatic heterocycles. The average molecular weight is 544 g/mol. The Morgan fingerprint density at radius 2 is 1.77 bits per heavy atom. The minimum absolute atomic E-state index is 0.164. The smallest absolute Gasteiger partial charge is 0.411 e. The highest BCUT2D eigenvalue weighted by Gasteiger charge is 2.47. The summed E-state index contributed by atoms with van der Waals surface area (Å²) < 4.78 is 11.1. The Balaban J connectivity index is 1.40. The van der Waals surface area contributed by atoms with Crippen molar-refractivity contribution in [3.63, 3.8) is 0 Å². The lowest BCUT2D eigenvalue weighted by Crippen LogP contribution is -2.46. The normalized spacial score (nSPS) is 16.6. The van der Waals surface area contributed by atoms with Crippen LogP contribution in [-0.2, 0) is 22.6 Å². The molecule has 0 unspecified atom stereocenters. The van der Waals surface area contributed by atoms with Gasteiger partial charge in [0.15, 0.2) is 12.1 Å². The molecule has 0 bridgehead atoms. The van der Waals surface area contributed by atoms with Crippen LogP contribution < -0.4 is 10.6 Å². The molecule has 3 aromatic carbocycles. The van der Waals surface area contributed by atoms with Crippen molar-refractivity contribution in [2.45, 2.75) is 32.2 Å². The van der Waals surface area contributed by atoms with Crippen LogP contribution in [0, 0.1) is 6.92 Å². The fourth-order valence-corrected chi connectivity index (χ4v) is 4.61. The molecule has 1 aliphatic rings. The van der Waals surface area contributed by atoms with Gasteiger partial charge in [0.05, 0.1) is 19.4 Å². The summed E-state index contributed by atoms with van der Waals surface area (Å²) in [5.74, 6) is -0.143. The highest BCUT2D eigenvalue weighted by molar-refractivity contribution is 6.31. The number of rotatable bonds is 8. The van der Waals surface area contributed by atoms with E-state index in [0.29, 0.717) is 27.6 Å². The lowest BCUT2D eigenvalue weighted by Gasteiger charge is -2.24. The van der Waals surface area contributed by atoms with E-state index >= 15 is 0 Å². The zero-order valence-electron chi connectivity index (χ0n) is 21.1. The van der Waals surface area contributed by atoms with Crippen molar-refractivity contribution in [3.8, 4) is 0 Å².